The number of rotatable bonds is 5. The van der Waals surface area contributed by atoms with E-state index in [0.29, 0.717) is 6.10 Å². The fraction of sp³-hybridized carbons (Fsp3) is 0.647. The van der Waals surface area contributed by atoms with E-state index in [2.05, 4.69) is 17.4 Å². The van der Waals surface area contributed by atoms with Gasteiger partial charge in [-0.2, -0.15) is 0 Å². The highest BCUT2D eigenvalue weighted by Gasteiger charge is 2.38. The lowest BCUT2D eigenvalue weighted by atomic mass is 10.0. The summed E-state index contributed by atoms with van der Waals surface area (Å²) in [6.07, 6.45) is 5.45. The van der Waals surface area contributed by atoms with Crippen LogP contribution in [0, 0.1) is 17.8 Å². The highest BCUT2D eigenvalue weighted by Crippen LogP contribution is 2.37. The summed E-state index contributed by atoms with van der Waals surface area (Å²) in [5, 5.41) is 3.48. The van der Waals surface area contributed by atoms with Crippen molar-refractivity contribution in [2.24, 2.45) is 17.8 Å². The third kappa shape index (κ3) is 3.64. The van der Waals surface area contributed by atoms with Crippen LogP contribution in [0.4, 0.5) is 0 Å². The molecule has 21 heavy (non-hydrogen) atoms. The van der Waals surface area contributed by atoms with Crippen molar-refractivity contribution in [3.63, 3.8) is 0 Å². The Hall–Kier alpha value is -0.930. The zero-order chi connectivity index (χ0) is 13.4. The van der Waals surface area contributed by atoms with Crippen LogP contribution < -0.4 is 14.8 Å². The molecule has 0 aromatic heterocycles. The van der Waals surface area contributed by atoms with Crippen molar-refractivity contribution in [2.45, 2.75) is 31.8 Å². The smallest absolute Gasteiger partial charge is 0.123 e. The largest absolute Gasteiger partial charge is 0.493 e. The topological polar surface area (TPSA) is 30.5 Å². The van der Waals surface area contributed by atoms with Gasteiger partial charge in [0.15, 0.2) is 0 Å². The number of hydrogen-bond acceptors (Lipinski definition) is 3. The van der Waals surface area contributed by atoms with Crippen LogP contribution in [0.2, 0.25) is 0 Å². The van der Waals surface area contributed by atoms with Crippen LogP contribution in [0.5, 0.6) is 11.5 Å². The lowest BCUT2D eigenvalue weighted by molar-refractivity contribution is 0.198. The SMILES string of the molecule is Cl.c1cc(OCC2CC2)cc(OC2CC3CNCC3C2)c1. The lowest BCUT2D eigenvalue weighted by Crippen LogP contribution is -2.18. The Morgan fingerprint density at radius 2 is 1.76 bits per heavy atom. The van der Waals surface area contributed by atoms with Gasteiger partial charge in [-0.15, -0.1) is 12.4 Å². The van der Waals surface area contributed by atoms with Crippen molar-refractivity contribution in [3.8, 4) is 11.5 Å². The van der Waals surface area contributed by atoms with Crippen molar-refractivity contribution >= 4 is 12.4 Å². The second-order valence-corrected chi connectivity index (χ2v) is 6.62. The van der Waals surface area contributed by atoms with Gasteiger partial charge in [-0.3, -0.25) is 0 Å². The van der Waals surface area contributed by atoms with Crippen molar-refractivity contribution < 1.29 is 9.47 Å². The Morgan fingerprint density at radius 1 is 1.05 bits per heavy atom. The lowest BCUT2D eigenvalue weighted by Gasteiger charge is -2.15. The van der Waals surface area contributed by atoms with Gasteiger partial charge in [0.05, 0.1) is 12.7 Å². The van der Waals surface area contributed by atoms with Gasteiger partial charge in [0.2, 0.25) is 0 Å². The van der Waals surface area contributed by atoms with E-state index in [1.807, 2.05) is 12.1 Å². The summed E-state index contributed by atoms with van der Waals surface area (Å²) in [4.78, 5) is 0. The highest BCUT2D eigenvalue weighted by molar-refractivity contribution is 5.85. The maximum atomic E-state index is 6.17. The Kier molecular flexibility index (Phi) is 4.60. The molecule has 1 aromatic carbocycles. The molecule has 116 valence electrons. The molecule has 0 radical (unpaired) electrons. The number of hydrogen-bond donors (Lipinski definition) is 1. The quantitative estimate of drug-likeness (QED) is 0.905. The molecule has 1 N–H and O–H groups in total. The summed E-state index contributed by atoms with van der Waals surface area (Å²) in [7, 11) is 0. The standard InChI is InChI=1S/C17H23NO2.ClH/c1-2-15(19-11-12-4-5-12)8-16(3-1)20-17-6-13-9-18-10-14(13)7-17;/h1-3,8,12-14,17-18H,4-7,9-11H2;1H. The van der Waals surface area contributed by atoms with E-state index >= 15 is 0 Å². The molecule has 4 rings (SSSR count). The first kappa shape index (κ1) is 15.0. The molecule has 1 heterocycles. The summed E-state index contributed by atoms with van der Waals surface area (Å²) in [5.41, 5.74) is 0. The fourth-order valence-corrected chi connectivity index (χ4v) is 3.54. The average Bonchev–Trinajstić information content (AvgIpc) is 3.06. The second-order valence-electron chi connectivity index (χ2n) is 6.62. The summed E-state index contributed by atoms with van der Waals surface area (Å²) in [6.45, 7) is 3.22. The third-order valence-electron chi connectivity index (χ3n) is 4.90. The van der Waals surface area contributed by atoms with Crippen LogP contribution >= 0.6 is 12.4 Å². The molecule has 0 bridgehead atoms. The van der Waals surface area contributed by atoms with E-state index in [1.54, 1.807) is 0 Å². The van der Waals surface area contributed by atoms with Crippen LogP contribution in [0.15, 0.2) is 24.3 Å². The maximum absolute atomic E-state index is 6.17. The zero-order valence-corrected chi connectivity index (χ0v) is 13.1. The van der Waals surface area contributed by atoms with E-state index in [-0.39, 0.29) is 12.4 Å². The molecular weight excluding hydrogens is 286 g/mol. The summed E-state index contributed by atoms with van der Waals surface area (Å²) in [6, 6.07) is 8.17. The fourth-order valence-electron chi connectivity index (χ4n) is 3.54. The molecule has 2 saturated carbocycles. The number of ether oxygens (including phenoxy) is 2. The maximum Gasteiger partial charge on any atom is 0.123 e. The van der Waals surface area contributed by atoms with E-state index in [9.17, 15) is 0 Å². The second kappa shape index (κ2) is 6.45. The van der Waals surface area contributed by atoms with Gasteiger partial charge in [-0.1, -0.05) is 6.07 Å². The predicted molar refractivity (Wildman–Crippen MR) is 85.4 cm³/mol. The molecule has 1 aliphatic heterocycles. The van der Waals surface area contributed by atoms with E-state index < -0.39 is 0 Å². The minimum atomic E-state index is 0. The predicted octanol–water partition coefficient (Wildman–Crippen LogP) is 3.27. The van der Waals surface area contributed by atoms with Gasteiger partial charge in [-0.25, -0.2) is 0 Å². The van der Waals surface area contributed by atoms with Crippen molar-refractivity contribution in [3.05, 3.63) is 24.3 Å². The molecule has 4 heteroatoms. The highest BCUT2D eigenvalue weighted by atomic mass is 35.5. The normalized spacial score (nSPS) is 30.6. The Labute approximate surface area is 132 Å². The van der Waals surface area contributed by atoms with Crippen LogP contribution in [0.25, 0.3) is 0 Å². The first-order valence-electron chi connectivity index (χ1n) is 7.97. The Balaban J connectivity index is 0.00000132. The monoisotopic (exact) mass is 309 g/mol. The minimum Gasteiger partial charge on any atom is -0.493 e. The first-order valence-corrected chi connectivity index (χ1v) is 7.97. The van der Waals surface area contributed by atoms with Crippen LogP contribution in [-0.4, -0.2) is 25.8 Å². The van der Waals surface area contributed by atoms with Gasteiger partial charge in [0.1, 0.15) is 11.5 Å². The molecule has 2 aliphatic carbocycles. The molecule has 1 aromatic rings. The molecule has 3 fully saturated rings. The third-order valence-corrected chi connectivity index (χ3v) is 4.90. The number of halogens is 1. The van der Waals surface area contributed by atoms with E-state index in [4.69, 9.17) is 9.47 Å². The number of benzene rings is 1. The molecule has 2 unspecified atom stereocenters. The van der Waals surface area contributed by atoms with Gasteiger partial charge in [0.25, 0.3) is 0 Å². The average molecular weight is 310 g/mol. The molecular formula is C17H24ClNO2. The molecule has 3 nitrogen and oxygen atoms in total. The number of fused-ring (bicyclic) bond motifs is 1. The van der Waals surface area contributed by atoms with Gasteiger partial charge in [0, 0.05) is 6.07 Å². The summed E-state index contributed by atoms with van der Waals surface area (Å²) in [5.74, 6) is 4.37. The summed E-state index contributed by atoms with van der Waals surface area (Å²) < 4.78 is 12.0. The first-order chi connectivity index (χ1) is 9.87. The molecule has 2 atom stereocenters. The van der Waals surface area contributed by atoms with Crippen molar-refractivity contribution in [1.82, 2.24) is 5.32 Å². The number of nitrogens with one attached hydrogen (secondary N) is 1. The van der Waals surface area contributed by atoms with Gasteiger partial charge < -0.3 is 14.8 Å². The van der Waals surface area contributed by atoms with E-state index in [0.717, 1.165) is 35.9 Å². The van der Waals surface area contributed by atoms with Crippen LogP contribution in [-0.2, 0) is 0 Å². The van der Waals surface area contributed by atoms with Gasteiger partial charge >= 0.3 is 0 Å². The molecule has 0 amide bonds. The van der Waals surface area contributed by atoms with Crippen LogP contribution in [0.3, 0.4) is 0 Å². The zero-order valence-electron chi connectivity index (χ0n) is 12.3. The molecule has 3 aliphatic rings. The summed E-state index contributed by atoms with van der Waals surface area (Å²) >= 11 is 0. The van der Waals surface area contributed by atoms with Gasteiger partial charge in [-0.05, 0) is 68.7 Å². The van der Waals surface area contributed by atoms with Crippen molar-refractivity contribution in [2.75, 3.05) is 19.7 Å². The van der Waals surface area contributed by atoms with Crippen molar-refractivity contribution in [1.29, 1.82) is 0 Å². The van der Waals surface area contributed by atoms with Crippen LogP contribution in [0.1, 0.15) is 25.7 Å². The molecule has 1 saturated heterocycles. The Bertz CT molecular complexity index is 466. The molecule has 0 spiro atoms. The minimum absolute atomic E-state index is 0. The Morgan fingerprint density at radius 3 is 2.48 bits per heavy atom. The van der Waals surface area contributed by atoms with E-state index in [1.165, 1.54) is 38.8 Å².